The van der Waals surface area contributed by atoms with E-state index in [1.54, 1.807) is 30.3 Å². The number of nitrogens with zero attached hydrogens (tertiary/aromatic N) is 3. The van der Waals surface area contributed by atoms with Crippen LogP contribution in [-0.2, 0) is 15.3 Å². The van der Waals surface area contributed by atoms with E-state index in [0.717, 1.165) is 29.7 Å². The highest BCUT2D eigenvalue weighted by Crippen LogP contribution is 2.44. The summed E-state index contributed by atoms with van der Waals surface area (Å²) >= 11 is 2.62. The average molecular weight is 590 g/mol. The summed E-state index contributed by atoms with van der Waals surface area (Å²) in [6, 6.07) is 19.3. The minimum atomic E-state index is -1.09. The van der Waals surface area contributed by atoms with Gasteiger partial charge in [-0.1, -0.05) is 78.4 Å². The molecule has 210 valence electrons. The van der Waals surface area contributed by atoms with E-state index in [9.17, 15) is 19.1 Å². The van der Waals surface area contributed by atoms with Gasteiger partial charge in [0.15, 0.2) is 4.34 Å². The second-order valence-electron chi connectivity index (χ2n) is 9.58. The van der Waals surface area contributed by atoms with E-state index in [1.165, 1.54) is 40.4 Å². The zero-order valence-corrected chi connectivity index (χ0v) is 24.2. The largest absolute Gasteiger partial charge is 0.507 e. The Morgan fingerprint density at radius 3 is 2.54 bits per heavy atom. The average Bonchev–Trinajstić information content (AvgIpc) is 3.55. The van der Waals surface area contributed by atoms with Gasteiger partial charge in [-0.15, -0.1) is 10.2 Å². The van der Waals surface area contributed by atoms with E-state index >= 15 is 0 Å². The van der Waals surface area contributed by atoms with Gasteiger partial charge in [-0.2, -0.15) is 0 Å². The lowest BCUT2D eigenvalue weighted by molar-refractivity contribution is -0.132. The second-order valence-corrected chi connectivity index (χ2v) is 11.8. The lowest BCUT2D eigenvalue weighted by atomic mass is 9.95. The van der Waals surface area contributed by atoms with E-state index in [1.807, 2.05) is 31.2 Å². The molecule has 0 radical (unpaired) electrons. The van der Waals surface area contributed by atoms with Crippen LogP contribution in [0.4, 0.5) is 9.52 Å². The number of ketones is 1. The third kappa shape index (κ3) is 6.34. The molecule has 1 saturated heterocycles. The summed E-state index contributed by atoms with van der Waals surface area (Å²) in [5.74, 6) is -1.37. The SMILES string of the molecule is CCCCOc1ccc(C(O)=C2C(=O)C(=O)N(c3nnc(SCc4ccc(C)cc4)s3)[C@@H]2c2cccc(F)c2)cc1. The summed E-state index contributed by atoms with van der Waals surface area (Å²) in [6.45, 7) is 4.66. The molecule has 0 aliphatic carbocycles. The fourth-order valence-corrected chi connectivity index (χ4v) is 6.23. The van der Waals surface area contributed by atoms with Gasteiger partial charge in [0, 0.05) is 11.3 Å². The molecule has 1 amide bonds. The monoisotopic (exact) mass is 589 g/mol. The summed E-state index contributed by atoms with van der Waals surface area (Å²) in [4.78, 5) is 28.0. The van der Waals surface area contributed by atoms with Crippen LogP contribution in [0.15, 0.2) is 82.7 Å². The molecule has 1 aliphatic heterocycles. The van der Waals surface area contributed by atoms with Crippen molar-refractivity contribution in [2.45, 2.75) is 42.8 Å². The highest BCUT2D eigenvalue weighted by atomic mass is 32.2. The molecule has 4 aromatic rings. The van der Waals surface area contributed by atoms with Gasteiger partial charge >= 0.3 is 5.91 Å². The quantitative estimate of drug-likeness (QED) is 0.0528. The van der Waals surface area contributed by atoms with Crippen LogP contribution in [-0.4, -0.2) is 33.6 Å². The Labute approximate surface area is 245 Å². The minimum Gasteiger partial charge on any atom is -0.507 e. The predicted molar refractivity (Wildman–Crippen MR) is 159 cm³/mol. The van der Waals surface area contributed by atoms with E-state index in [-0.39, 0.29) is 16.5 Å². The van der Waals surface area contributed by atoms with Gasteiger partial charge in [0.1, 0.15) is 17.3 Å². The van der Waals surface area contributed by atoms with Crippen molar-refractivity contribution >= 4 is 45.7 Å². The molecule has 41 heavy (non-hydrogen) atoms. The molecule has 0 spiro atoms. The van der Waals surface area contributed by atoms with Crippen molar-refractivity contribution < 1.29 is 23.8 Å². The summed E-state index contributed by atoms with van der Waals surface area (Å²) in [5, 5.41) is 19.9. The zero-order valence-electron chi connectivity index (χ0n) is 22.5. The van der Waals surface area contributed by atoms with Crippen LogP contribution in [0.3, 0.4) is 0 Å². The summed E-state index contributed by atoms with van der Waals surface area (Å²) < 4.78 is 20.7. The maximum Gasteiger partial charge on any atom is 0.301 e. The summed E-state index contributed by atoms with van der Waals surface area (Å²) in [5.41, 5.74) is 2.79. The van der Waals surface area contributed by atoms with Crippen molar-refractivity contribution in [3.05, 3.63) is 106 Å². The summed E-state index contributed by atoms with van der Waals surface area (Å²) in [7, 11) is 0. The van der Waals surface area contributed by atoms with Gasteiger partial charge in [-0.25, -0.2) is 4.39 Å². The zero-order chi connectivity index (χ0) is 28.9. The number of Topliss-reactive ketones (excluding diaryl/α,β-unsaturated/α-hetero) is 1. The molecule has 0 unspecified atom stereocenters. The molecule has 1 atom stereocenters. The van der Waals surface area contributed by atoms with Crippen molar-refractivity contribution in [1.29, 1.82) is 0 Å². The number of aryl methyl sites for hydroxylation is 1. The van der Waals surface area contributed by atoms with Gasteiger partial charge < -0.3 is 9.84 Å². The van der Waals surface area contributed by atoms with Gasteiger partial charge in [-0.05, 0) is 60.9 Å². The van der Waals surface area contributed by atoms with Crippen LogP contribution in [0.25, 0.3) is 5.76 Å². The lowest BCUT2D eigenvalue weighted by Crippen LogP contribution is -2.29. The normalized spacial score (nSPS) is 16.4. The molecule has 0 saturated carbocycles. The molecule has 5 rings (SSSR count). The number of halogens is 1. The Bertz CT molecular complexity index is 1590. The number of ether oxygens (including phenoxy) is 1. The fraction of sp³-hybridized carbons (Fsp3) is 0.226. The molecule has 0 bridgehead atoms. The fourth-order valence-electron chi connectivity index (χ4n) is 4.41. The molecule has 1 N–H and O–H groups in total. The number of carbonyl (C=O) groups is 2. The van der Waals surface area contributed by atoms with E-state index in [4.69, 9.17) is 4.74 Å². The number of hydrogen-bond acceptors (Lipinski definition) is 8. The third-order valence-electron chi connectivity index (χ3n) is 6.59. The Kier molecular flexibility index (Phi) is 8.80. The van der Waals surface area contributed by atoms with Crippen molar-refractivity contribution in [3.63, 3.8) is 0 Å². The van der Waals surface area contributed by atoms with Crippen LogP contribution in [0.1, 0.15) is 48.1 Å². The van der Waals surface area contributed by atoms with Gasteiger partial charge in [0.25, 0.3) is 5.78 Å². The number of carbonyl (C=O) groups excluding carboxylic acids is 2. The van der Waals surface area contributed by atoms with Gasteiger partial charge in [-0.3, -0.25) is 14.5 Å². The topological polar surface area (TPSA) is 92.6 Å². The number of hydrogen-bond donors (Lipinski definition) is 1. The standard InChI is InChI=1S/C31H28FN3O4S2/c1-3-4-16-39-24-14-12-21(13-15-24)27(36)25-26(22-6-5-7-23(32)17-22)35(29(38)28(25)37)30-33-34-31(41-30)40-18-20-10-8-19(2)9-11-20/h5-15,17,26,36H,3-4,16,18H2,1-2H3/t26-/m1/s1. The number of rotatable bonds is 10. The van der Waals surface area contributed by atoms with E-state index in [0.29, 0.717) is 33.6 Å². The molecule has 1 aliphatic rings. The highest BCUT2D eigenvalue weighted by molar-refractivity contribution is 8.00. The number of unbranched alkanes of at least 4 members (excludes halogenated alkanes) is 1. The smallest absolute Gasteiger partial charge is 0.301 e. The maximum absolute atomic E-state index is 14.3. The first kappa shape index (κ1) is 28.5. The Balaban J connectivity index is 1.48. The molecule has 1 fully saturated rings. The highest BCUT2D eigenvalue weighted by Gasteiger charge is 2.48. The molecule has 10 heteroatoms. The van der Waals surface area contributed by atoms with Crippen LogP contribution in [0.5, 0.6) is 5.75 Å². The number of aliphatic hydroxyl groups is 1. The lowest BCUT2D eigenvalue weighted by Gasteiger charge is -2.22. The van der Waals surface area contributed by atoms with Crippen LogP contribution >= 0.6 is 23.1 Å². The Morgan fingerprint density at radius 1 is 1.07 bits per heavy atom. The van der Waals surface area contributed by atoms with Crippen LogP contribution in [0, 0.1) is 12.7 Å². The third-order valence-corrected chi connectivity index (χ3v) is 8.72. The first-order valence-corrected chi connectivity index (χ1v) is 15.0. The van der Waals surface area contributed by atoms with Gasteiger partial charge in [0.2, 0.25) is 5.13 Å². The first-order chi connectivity index (χ1) is 19.9. The number of amides is 1. The molecule has 2 heterocycles. The van der Waals surface area contributed by atoms with Crippen molar-refractivity contribution in [2.24, 2.45) is 0 Å². The predicted octanol–water partition coefficient (Wildman–Crippen LogP) is 7.08. The van der Waals surface area contributed by atoms with Crippen molar-refractivity contribution in [1.82, 2.24) is 10.2 Å². The number of anilines is 1. The molecular weight excluding hydrogens is 561 g/mol. The first-order valence-electron chi connectivity index (χ1n) is 13.2. The molecular formula is C31H28FN3O4S2. The van der Waals surface area contributed by atoms with E-state index in [2.05, 4.69) is 17.1 Å². The Morgan fingerprint density at radius 2 is 1.83 bits per heavy atom. The summed E-state index contributed by atoms with van der Waals surface area (Å²) in [6.07, 6.45) is 1.91. The molecule has 7 nitrogen and oxygen atoms in total. The number of aromatic nitrogens is 2. The molecule has 3 aromatic carbocycles. The van der Waals surface area contributed by atoms with Crippen LogP contribution in [0.2, 0.25) is 0 Å². The maximum atomic E-state index is 14.3. The van der Waals surface area contributed by atoms with Gasteiger partial charge in [0.05, 0.1) is 18.2 Å². The Hall–Kier alpha value is -4.02. The number of thioether (sulfide) groups is 1. The van der Waals surface area contributed by atoms with Crippen molar-refractivity contribution in [3.8, 4) is 5.75 Å². The van der Waals surface area contributed by atoms with E-state index < -0.39 is 23.5 Å². The van der Waals surface area contributed by atoms with Crippen molar-refractivity contribution in [2.75, 3.05) is 11.5 Å². The number of benzene rings is 3. The minimum absolute atomic E-state index is 0.149. The second kappa shape index (κ2) is 12.7. The molecule has 1 aromatic heterocycles. The van der Waals surface area contributed by atoms with Crippen LogP contribution < -0.4 is 9.64 Å². The number of aliphatic hydroxyl groups excluding tert-OH is 1.